The number of benzene rings is 4. The first kappa shape index (κ1) is 21.3. The van der Waals surface area contributed by atoms with Gasteiger partial charge >= 0.3 is 0 Å². The number of methoxy groups -OCH3 is 1. The van der Waals surface area contributed by atoms with Gasteiger partial charge in [0.05, 0.1) is 19.1 Å². The van der Waals surface area contributed by atoms with Crippen LogP contribution in [0.1, 0.15) is 5.56 Å². The Labute approximate surface area is 187 Å². The molecule has 0 aliphatic rings. The van der Waals surface area contributed by atoms with Gasteiger partial charge in [-0.3, -0.25) is 0 Å². The maximum absolute atomic E-state index is 12.5. The SMILES string of the molecule is COc1cccc(N(C#Cc2ccccc2-c2ccc(O)c3ccccc23)S(C)(=O)=O)c1. The van der Waals surface area contributed by atoms with Gasteiger partial charge in [-0.25, -0.2) is 8.42 Å². The molecule has 6 heteroatoms. The third-order valence-electron chi connectivity index (χ3n) is 5.03. The molecular weight excluding hydrogens is 422 g/mol. The minimum absolute atomic E-state index is 0.203. The largest absolute Gasteiger partial charge is 0.507 e. The zero-order chi connectivity index (χ0) is 22.7. The van der Waals surface area contributed by atoms with Crippen molar-refractivity contribution in [2.45, 2.75) is 0 Å². The summed E-state index contributed by atoms with van der Waals surface area (Å²) in [4.78, 5) is 0. The lowest BCUT2D eigenvalue weighted by molar-refractivity contribution is 0.415. The van der Waals surface area contributed by atoms with Gasteiger partial charge in [0.1, 0.15) is 11.5 Å². The van der Waals surface area contributed by atoms with Crippen molar-refractivity contribution in [3.63, 3.8) is 0 Å². The molecule has 0 saturated carbocycles. The number of hydrogen-bond acceptors (Lipinski definition) is 4. The Bertz CT molecular complexity index is 1470. The summed E-state index contributed by atoms with van der Waals surface area (Å²) in [6.45, 7) is 0. The molecule has 160 valence electrons. The van der Waals surface area contributed by atoms with Crippen molar-refractivity contribution in [1.29, 1.82) is 0 Å². The minimum atomic E-state index is -3.66. The smallest absolute Gasteiger partial charge is 0.243 e. The molecule has 1 N–H and O–H groups in total. The van der Waals surface area contributed by atoms with Crippen LogP contribution in [-0.2, 0) is 10.0 Å². The van der Waals surface area contributed by atoms with Crippen molar-refractivity contribution in [3.05, 3.63) is 90.5 Å². The summed E-state index contributed by atoms with van der Waals surface area (Å²) in [7, 11) is -2.14. The summed E-state index contributed by atoms with van der Waals surface area (Å²) in [6, 6.07) is 28.1. The van der Waals surface area contributed by atoms with Gasteiger partial charge in [0.2, 0.25) is 10.0 Å². The quantitative estimate of drug-likeness (QED) is 0.356. The monoisotopic (exact) mass is 443 g/mol. The number of phenols is 1. The molecule has 0 bridgehead atoms. The molecule has 0 spiro atoms. The second-order valence-corrected chi connectivity index (χ2v) is 9.02. The molecule has 0 unspecified atom stereocenters. The second kappa shape index (κ2) is 8.66. The highest BCUT2D eigenvalue weighted by Gasteiger charge is 2.16. The maximum atomic E-state index is 12.5. The van der Waals surface area contributed by atoms with Gasteiger partial charge in [0, 0.05) is 23.1 Å². The Balaban J connectivity index is 1.85. The molecule has 5 nitrogen and oxygen atoms in total. The van der Waals surface area contributed by atoms with Crippen molar-refractivity contribution >= 4 is 26.5 Å². The van der Waals surface area contributed by atoms with E-state index in [1.807, 2.05) is 54.6 Å². The first-order chi connectivity index (χ1) is 15.4. The highest BCUT2D eigenvalue weighted by Crippen LogP contribution is 2.35. The van der Waals surface area contributed by atoms with Crippen LogP contribution in [0.2, 0.25) is 0 Å². The molecule has 0 saturated heterocycles. The van der Waals surface area contributed by atoms with E-state index in [-0.39, 0.29) is 5.75 Å². The summed E-state index contributed by atoms with van der Waals surface area (Å²) >= 11 is 0. The van der Waals surface area contributed by atoms with Gasteiger partial charge in [-0.05, 0) is 46.7 Å². The number of sulfonamides is 1. The maximum Gasteiger partial charge on any atom is 0.243 e. The van der Waals surface area contributed by atoms with Crippen molar-refractivity contribution in [2.24, 2.45) is 0 Å². The van der Waals surface area contributed by atoms with Crippen molar-refractivity contribution < 1.29 is 18.3 Å². The van der Waals surface area contributed by atoms with E-state index in [4.69, 9.17) is 4.74 Å². The fourth-order valence-corrected chi connectivity index (χ4v) is 4.24. The van der Waals surface area contributed by atoms with Crippen LogP contribution in [0.5, 0.6) is 11.5 Å². The number of aromatic hydroxyl groups is 1. The van der Waals surface area contributed by atoms with Crippen LogP contribution in [0.4, 0.5) is 5.69 Å². The Hall–Kier alpha value is -3.95. The van der Waals surface area contributed by atoms with Gasteiger partial charge in [-0.1, -0.05) is 54.6 Å². The Morgan fingerprint density at radius 1 is 0.844 bits per heavy atom. The molecule has 4 aromatic carbocycles. The Kier molecular flexibility index (Phi) is 5.76. The molecule has 0 aromatic heterocycles. The van der Waals surface area contributed by atoms with E-state index >= 15 is 0 Å². The Morgan fingerprint density at radius 2 is 1.56 bits per heavy atom. The summed E-state index contributed by atoms with van der Waals surface area (Å²) in [5, 5.41) is 11.9. The van der Waals surface area contributed by atoms with Gasteiger partial charge < -0.3 is 9.84 Å². The number of fused-ring (bicyclic) bond motifs is 1. The zero-order valence-corrected chi connectivity index (χ0v) is 18.4. The van der Waals surface area contributed by atoms with Crippen molar-refractivity contribution in [1.82, 2.24) is 0 Å². The van der Waals surface area contributed by atoms with Gasteiger partial charge in [0.25, 0.3) is 0 Å². The fraction of sp³-hybridized carbons (Fsp3) is 0.0769. The van der Waals surface area contributed by atoms with Crippen LogP contribution in [-0.4, -0.2) is 26.9 Å². The van der Waals surface area contributed by atoms with E-state index in [1.165, 1.54) is 7.11 Å². The molecule has 0 heterocycles. The van der Waals surface area contributed by atoms with Crippen LogP contribution in [0, 0.1) is 12.0 Å². The normalized spacial score (nSPS) is 10.9. The molecule has 0 amide bonds. The molecule has 0 radical (unpaired) electrons. The Morgan fingerprint density at radius 3 is 2.31 bits per heavy atom. The van der Waals surface area contributed by atoms with Crippen LogP contribution >= 0.6 is 0 Å². The van der Waals surface area contributed by atoms with Crippen LogP contribution in [0.15, 0.2) is 84.9 Å². The second-order valence-electron chi connectivity index (χ2n) is 7.19. The van der Waals surface area contributed by atoms with E-state index in [9.17, 15) is 13.5 Å². The summed E-state index contributed by atoms with van der Waals surface area (Å²) in [6.07, 6.45) is 1.11. The summed E-state index contributed by atoms with van der Waals surface area (Å²) in [5.74, 6) is 3.77. The number of rotatable bonds is 4. The lowest BCUT2D eigenvalue weighted by Crippen LogP contribution is -2.24. The van der Waals surface area contributed by atoms with Crippen molar-refractivity contribution in [2.75, 3.05) is 17.7 Å². The van der Waals surface area contributed by atoms with Crippen LogP contribution in [0.3, 0.4) is 0 Å². The van der Waals surface area contributed by atoms with Gasteiger partial charge in [-0.2, -0.15) is 4.31 Å². The topological polar surface area (TPSA) is 66.8 Å². The molecule has 0 atom stereocenters. The summed E-state index contributed by atoms with van der Waals surface area (Å²) < 4.78 is 31.2. The van der Waals surface area contributed by atoms with Crippen molar-refractivity contribution in [3.8, 4) is 34.6 Å². The number of nitrogens with zero attached hydrogens (tertiary/aromatic N) is 1. The fourth-order valence-electron chi connectivity index (χ4n) is 3.53. The van der Waals surface area contributed by atoms with E-state index in [0.29, 0.717) is 17.0 Å². The molecule has 4 aromatic rings. The van der Waals surface area contributed by atoms with Gasteiger partial charge in [-0.15, -0.1) is 0 Å². The highest BCUT2D eigenvalue weighted by molar-refractivity contribution is 7.92. The third-order valence-corrected chi connectivity index (χ3v) is 6.00. The van der Waals surface area contributed by atoms with E-state index in [2.05, 4.69) is 12.0 Å². The highest BCUT2D eigenvalue weighted by atomic mass is 32.2. The first-order valence-corrected chi connectivity index (χ1v) is 11.7. The first-order valence-electron chi connectivity index (χ1n) is 9.84. The summed E-state index contributed by atoms with van der Waals surface area (Å²) in [5.41, 5.74) is 2.80. The predicted molar refractivity (Wildman–Crippen MR) is 128 cm³/mol. The lowest BCUT2D eigenvalue weighted by Gasteiger charge is -2.16. The molecule has 32 heavy (non-hydrogen) atoms. The number of ether oxygens (including phenoxy) is 1. The molecule has 0 aliphatic heterocycles. The predicted octanol–water partition coefficient (Wildman–Crippen LogP) is 5.00. The zero-order valence-electron chi connectivity index (χ0n) is 17.6. The van der Waals surface area contributed by atoms with E-state index in [1.54, 1.807) is 30.3 Å². The van der Waals surface area contributed by atoms with Gasteiger partial charge in [0.15, 0.2) is 0 Å². The number of phenolic OH excluding ortho intramolecular Hbond substituents is 1. The molecule has 0 aliphatic carbocycles. The lowest BCUT2D eigenvalue weighted by atomic mass is 9.94. The van der Waals surface area contributed by atoms with Crippen LogP contribution < -0.4 is 9.04 Å². The molecule has 4 rings (SSSR count). The third kappa shape index (κ3) is 4.25. The number of hydrogen-bond donors (Lipinski definition) is 1. The van der Waals surface area contributed by atoms with E-state index < -0.39 is 10.0 Å². The minimum Gasteiger partial charge on any atom is -0.507 e. The molecule has 0 fully saturated rings. The average molecular weight is 444 g/mol. The molecular formula is C26H21NO4S. The standard InChI is InChI=1S/C26H21NO4S/c1-31-21-10-7-9-20(18-21)27(32(2,29)30)17-16-19-8-3-4-11-22(19)24-14-15-26(28)25-13-6-5-12-23(24)25/h3-15,18,28H,1-2H3. The van der Waals surface area contributed by atoms with Crippen LogP contribution in [0.25, 0.3) is 21.9 Å². The van der Waals surface area contributed by atoms with E-state index in [0.717, 1.165) is 32.5 Å². The number of anilines is 1. The average Bonchev–Trinajstić information content (AvgIpc) is 2.79.